The SMILES string of the molecule is CCOc1ccc2nc(SC[C@]3(O)CC[C@H]4c5ccc(cc5C(=O)Cc5c(F)cccc5Cl)C[C@@H](O)CCC(C)=CCC[C@@]43C)sc2c1. The molecule has 3 aromatic carbocycles. The Bertz CT molecular complexity index is 1820. The van der Waals surface area contributed by atoms with E-state index in [0.29, 0.717) is 43.6 Å². The van der Waals surface area contributed by atoms with Crippen molar-refractivity contribution < 1.29 is 24.1 Å². The number of thiazole rings is 1. The highest BCUT2D eigenvalue weighted by molar-refractivity contribution is 8.01. The first kappa shape index (κ1) is 35.1. The van der Waals surface area contributed by atoms with Gasteiger partial charge in [0.2, 0.25) is 0 Å². The summed E-state index contributed by atoms with van der Waals surface area (Å²) in [6, 6.07) is 16.3. The van der Waals surface area contributed by atoms with Crippen molar-refractivity contribution in [3.63, 3.8) is 0 Å². The minimum absolute atomic E-state index is 0.113. The molecular formula is C39H43ClFNO4S2. The van der Waals surface area contributed by atoms with Gasteiger partial charge in [0.1, 0.15) is 11.6 Å². The third-order valence-corrected chi connectivity index (χ3v) is 13.2. The molecule has 9 heteroatoms. The Morgan fingerprint density at radius 2 is 2.00 bits per heavy atom. The third-order valence-electron chi connectivity index (χ3n) is 10.5. The van der Waals surface area contributed by atoms with E-state index >= 15 is 0 Å². The van der Waals surface area contributed by atoms with E-state index in [1.54, 1.807) is 29.2 Å². The molecule has 1 fully saturated rings. The first-order valence-electron chi connectivity index (χ1n) is 16.8. The van der Waals surface area contributed by atoms with Crippen LogP contribution in [0.5, 0.6) is 5.75 Å². The Morgan fingerprint density at radius 1 is 1.17 bits per heavy atom. The number of rotatable bonds is 8. The van der Waals surface area contributed by atoms with E-state index < -0.39 is 22.9 Å². The summed E-state index contributed by atoms with van der Waals surface area (Å²) in [6.45, 7) is 6.85. The normalized spacial score (nSPS) is 24.7. The minimum atomic E-state index is -1.03. The molecule has 7 rings (SSSR count). The molecule has 48 heavy (non-hydrogen) atoms. The van der Waals surface area contributed by atoms with Crippen LogP contribution in [0.4, 0.5) is 4.39 Å². The first-order valence-corrected chi connectivity index (χ1v) is 19.0. The molecule has 0 aliphatic heterocycles. The van der Waals surface area contributed by atoms with Gasteiger partial charge < -0.3 is 14.9 Å². The maximum Gasteiger partial charge on any atom is 0.167 e. The minimum Gasteiger partial charge on any atom is -0.494 e. The van der Waals surface area contributed by atoms with Crippen LogP contribution in [0.15, 0.2) is 70.6 Å². The van der Waals surface area contributed by atoms with Crippen LogP contribution in [0.2, 0.25) is 5.02 Å². The number of aromatic nitrogens is 1. The molecule has 3 aliphatic carbocycles. The maximum absolute atomic E-state index is 14.9. The van der Waals surface area contributed by atoms with E-state index in [-0.39, 0.29) is 28.7 Å². The van der Waals surface area contributed by atoms with Gasteiger partial charge in [-0.3, -0.25) is 4.79 Å². The number of nitrogens with zero attached hydrogens (tertiary/aromatic N) is 1. The largest absolute Gasteiger partial charge is 0.494 e. The number of hydrogen-bond acceptors (Lipinski definition) is 7. The lowest BCUT2D eigenvalue weighted by Gasteiger charge is -2.44. The van der Waals surface area contributed by atoms with Crippen LogP contribution < -0.4 is 4.74 Å². The number of aliphatic hydroxyl groups is 2. The second-order valence-corrected chi connectivity index (χ2v) is 16.2. The van der Waals surface area contributed by atoms with Crippen LogP contribution in [0.25, 0.3) is 10.2 Å². The summed E-state index contributed by atoms with van der Waals surface area (Å²) in [4.78, 5) is 19.0. The monoisotopic (exact) mass is 707 g/mol. The lowest BCUT2D eigenvalue weighted by atomic mass is 9.65. The Labute approximate surface area is 295 Å². The number of aliphatic hydroxyl groups excluding tert-OH is 1. The zero-order valence-corrected chi connectivity index (χ0v) is 30.1. The Morgan fingerprint density at radius 3 is 2.79 bits per heavy atom. The zero-order chi connectivity index (χ0) is 34.1. The van der Waals surface area contributed by atoms with E-state index in [4.69, 9.17) is 21.3 Å². The molecule has 0 unspecified atom stereocenters. The molecule has 254 valence electrons. The second kappa shape index (κ2) is 14.6. The van der Waals surface area contributed by atoms with E-state index in [2.05, 4.69) is 19.9 Å². The van der Waals surface area contributed by atoms with Gasteiger partial charge in [-0.2, -0.15) is 0 Å². The van der Waals surface area contributed by atoms with Gasteiger partial charge >= 0.3 is 0 Å². The van der Waals surface area contributed by atoms with Crippen molar-refractivity contribution in [3.8, 4) is 5.75 Å². The quantitative estimate of drug-likeness (QED) is 0.108. The standard InChI is InChI=1S/C39H43ClFNO4S2/c1-4-46-27-13-15-34-36(21-27)48-37(42-34)47-23-39(45)18-16-31-28-14-11-25(19-26(43)12-10-24(2)7-6-17-38(31,39)3)20-29(28)35(44)22-30-32(40)8-5-9-33(30)41/h5,7-9,11,13-15,20-21,26,31,43,45H,4,6,10,12,16-19,22-23H2,1-3H3/t26-,31-,38-,39+/m0/s1. The summed E-state index contributed by atoms with van der Waals surface area (Å²) in [5.41, 5.74) is 2.99. The summed E-state index contributed by atoms with van der Waals surface area (Å²) >= 11 is 9.55. The van der Waals surface area contributed by atoms with Gasteiger partial charge in [0.05, 0.1) is 28.5 Å². The highest BCUT2D eigenvalue weighted by atomic mass is 35.5. The van der Waals surface area contributed by atoms with Crippen LogP contribution in [0, 0.1) is 11.2 Å². The molecule has 1 saturated carbocycles. The van der Waals surface area contributed by atoms with Gasteiger partial charge in [-0.05, 0) is 112 Å². The van der Waals surface area contributed by atoms with Crippen molar-refractivity contribution in [3.05, 3.63) is 99.3 Å². The lowest BCUT2D eigenvalue weighted by molar-refractivity contribution is -0.0422. The molecular weight excluding hydrogens is 665 g/mol. The van der Waals surface area contributed by atoms with E-state index in [9.17, 15) is 19.4 Å². The lowest BCUT2D eigenvalue weighted by Crippen LogP contribution is -2.46. The number of ether oxygens (including phenoxy) is 1. The summed E-state index contributed by atoms with van der Waals surface area (Å²) < 4.78 is 22.5. The van der Waals surface area contributed by atoms with Gasteiger partial charge in [0, 0.05) is 33.7 Å². The number of fused-ring (bicyclic) bond motifs is 9. The number of halogens is 2. The molecule has 5 nitrogen and oxygen atoms in total. The van der Waals surface area contributed by atoms with Crippen LogP contribution in [0.1, 0.15) is 92.3 Å². The number of thioether (sulfide) groups is 1. The van der Waals surface area contributed by atoms with Gasteiger partial charge in [-0.1, -0.05) is 60.1 Å². The highest BCUT2D eigenvalue weighted by Crippen LogP contribution is 2.60. The average molecular weight is 708 g/mol. The van der Waals surface area contributed by atoms with Crippen LogP contribution in [0.3, 0.4) is 0 Å². The third kappa shape index (κ3) is 7.24. The zero-order valence-electron chi connectivity index (χ0n) is 27.7. The molecule has 2 bridgehead atoms. The molecule has 0 spiro atoms. The van der Waals surface area contributed by atoms with E-state index in [0.717, 1.165) is 50.7 Å². The summed E-state index contributed by atoms with van der Waals surface area (Å²) in [5, 5.41) is 23.7. The van der Waals surface area contributed by atoms with E-state index in [1.165, 1.54) is 17.7 Å². The van der Waals surface area contributed by atoms with Crippen molar-refractivity contribution in [2.75, 3.05) is 12.4 Å². The topological polar surface area (TPSA) is 79.7 Å². The molecule has 4 aromatic rings. The second-order valence-electron chi connectivity index (χ2n) is 13.6. The summed E-state index contributed by atoms with van der Waals surface area (Å²) in [7, 11) is 0. The molecule has 4 atom stereocenters. The van der Waals surface area contributed by atoms with Crippen molar-refractivity contribution in [2.45, 2.75) is 94.1 Å². The van der Waals surface area contributed by atoms with Crippen molar-refractivity contribution in [1.82, 2.24) is 4.98 Å². The van der Waals surface area contributed by atoms with Crippen LogP contribution in [-0.2, 0) is 12.8 Å². The Kier molecular flexibility index (Phi) is 10.7. The Hall–Kier alpha value is -2.75. The summed E-state index contributed by atoms with van der Waals surface area (Å²) in [5.74, 6) is 0.455. The van der Waals surface area contributed by atoms with Gasteiger partial charge in [0.15, 0.2) is 10.1 Å². The number of benzene rings is 3. The fourth-order valence-corrected chi connectivity index (χ4v) is 10.2. The van der Waals surface area contributed by atoms with Crippen LogP contribution >= 0.6 is 34.7 Å². The van der Waals surface area contributed by atoms with Crippen molar-refractivity contribution in [2.24, 2.45) is 5.41 Å². The number of ketones is 1. The number of hydrogen-bond donors (Lipinski definition) is 2. The molecule has 3 aliphatic rings. The predicted molar refractivity (Wildman–Crippen MR) is 194 cm³/mol. The highest BCUT2D eigenvalue weighted by Gasteiger charge is 2.56. The van der Waals surface area contributed by atoms with E-state index in [1.807, 2.05) is 43.3 Å². The Balaban J connectivity index is 1.36. The molecule has 0 saturated heterocycles. The number of Topliss-reactive ketones (excluding diaryl/α,β-unsaturated/α-hetero) is 1. The number of carbonyl (C=O) groups is 1. The average Bonchev–Trinajstić information content (AvgIpc) is 3.58. The summed E-state index contributed by atoms with van der Waals surface area (Å²) in [6.07, 6.45) is 6.13. The van der Waals surface area contributed by atoms with Gasteiger partial charge in [0.25, 0.3) is 0 Å². The first-order chi connectivity index (χ1) is 23.0. The molecule has 0 amide bonds. The van der Waals surface area contributed by atoms with Gasteiger partial charge in [-0.25, -0.2) is 9.37 Å². The van der Waals surface area contributed by atoms with Crippen molar-refractivity contribution >= 4 is 50.7 Å². The van der Waals surface area contributed by atoms with Crippen molar-refractivity contribution in [1.29, 1.82) is 0 Å². The smallest absolute Gasteiger partial charge is 0.167 e. The van der Waals surface area contributed by atoms with Gasteiger partial charge in [-0.15, -0.1) is 11.3 Å². The van der Waals surface area contributed by atoms with Crippen LogP contribution in [-0.4, -0.2) is 45.0 Å². The number of allylic oxidation sites excluding steroid dienone is 2. The molecule has 1 heterocycles. The molecule has 1 aromatic heterocycles. The number of carbonyl (C=O) groups excluding carboxylic acids is 1. The molecule has 0 radical (unpaired) electrons. The maximum atomic E-state index is 14.9. The fraction of sp³-hybridized carbons (Fsp3) is 0.436. The fourth-order valence-electron chi connectivity index (χ4n) is 7.56. The molecule has 2 N–H and O–H groups in total. The predicted octanol–water partition coefficient (Wildman–Crippen LogP) is 9.74.